The summed E-state index contributed by atoms with van der Waals surface area (Å²) in [6.07, 6.45) is 5.18. The van der Waals surface area contributed by atoms with Gasteiger partial charge in [-0.25, -0.2) is 0 Å². The highest BCUT2D eigenvalue weighted by Crippen LogP contribution is 2.34. The predicted molar refractivity (Wildman–Crippen MR) is 62.2 cm³/mol. The first-order valence-corrected chi connectivity index (χ1v) is 6.17. The third kappa shape index (κ3) is 2.96. The maximum atomic E-state index is 11.6. The van der Waals surface area contributed by atoms with Crippen molar-refractivity contribution in [3.63, 3.8) is 0 Å². The minimum atomic E-state index is -0.310. The molecule has 0 aromatic carbocycles. The van der Waals surface area contributed by atoms with Crippen LogP contribution in [0.5, 0.6) is 0 Å². The van der Waals surface area contributed by atoms with Gasteiger partial charge >= 0.3 is 0 Å². The van der Waals surface area contributed by atoms with Crippen molar-refractivity contribution in [3.8, 4) is 0 Å². The zero-order valence-corrected chi connectivity index (χ0v) is 9.67. The molecule has 1 aromatic heterocycles. The molecule has 1 heterocycles. The van der Waals surface area contributed by atoms with Gasteiger partial charge in [0.1, 0.15) is 0 Å². The number of amides is 1. The molecule has 0 radical (unpaired) electrons. The average Bonchev–Trinajstić information content (AvgIpc) is 3.08. The second-order valence-electron chi connectivity index (χ2n) is 3.96. The molecule has 4 nitrogen and oxygen atoms in total. The Hall–Kier alpha value is -1.07. The lowest BCUT2D eigenvalue weighted by molar-refractivity contribution is -0.119. The molecule has 1 saturated carbocycles. The molecule has 86 valence electrons. The molecular weight excluding hydrogens is 224 g/mol. The van der Waals surface area contributed by atoms with Crippen LogP contribution >= 0.6 is 11.8 Å². The van der Waals surface area contributed by atoms with Crippen molar-refractivity contribution in [2.75, 3.05) is 12.4 Å². The van der Waals surface area contributed by atoms with Gasteiger partial charge in [-0.15, -0.1) is 11.8 Å². The average molecular weight is 238 g/mol. The highest BCUT2D eigenvalue weighted by Gasteiger charge is 2.43. The monoisotopic (exact) mass is 238 g/mol. The molecule has 0 bridgehead atoms. The van der Waals surface area contributed by atoms with Gasteiger partial charge in [-0.3, -0.25) is 9.78 Å². The van der Waals surface area contributed by atoms with E-state index in [0.717, 1.165) is 17.7 Å². The number of aliphatic hydroxyl groups excluding tert-OH is 1. The van der Waals surface area contributed by atoms with E-state index >= 15 is 0 Å². The Labute approximate surface area is 98.5 Å². The summed E-state index contributed by atoms with van der Waals surface area (Å²) in [5.74, 6) is 0.361. The minimum absolute atomic E-state index is 0.0200. The van der Waals surface area contributed by atoms with Gasteiger partial charge in [0.25, 0.3) is 0 Å². The number of aliphatic hydroxyl groups is 1. The summed E-state index contributed by atoms with van der Waals surface area (Å²) < 4.78 is 0. The number of hydrogen-bond donors (Lipinski definition) is 2. The zero-order valence-electron chi connectivity index (χ0n) is 8.85. The Bertz CT molecular complexity index is 366. The predicted octanol–water partition coefficient (Wildman–Crippen LogP) is 0.815. The van der Waals surface area contributed by atoms with Gasteiger partial charge in [-0.05, 0) is 25.0 Å². The molecule has 2 N–H and O–H groups in total. The summed E-state index contributed by atoms with van der Waals surface area (Å²) in [4.78, 5) is 16.5. The number of carbonyl (C=O) groups excluding carboxylic acids is 1. The highest BCUT2D eigenvalue weighted by molar-refractivity contribution is 8.00. The standard InChI is InChI=1S/C11H14N2O2S/c14-8-11(3-4-11)13-10(15)7-16-9-1-5-12-6-2-9/h1-2,5-6,14H,3-4,7-8H2,(H,13,15). The lowest BCUT2D eigenvalue weighted by Crippen LogP contribution is -2.40. The fourth-order valence-electron chi connectivity index (χ4n) is 1.39. The second-order valence-corrected chi connectivity index (χ2v) is 5.01. The maximum absolute atomic E-state index is 11.6. The normalized spacial score (nSPS) is 16.8. The molecular formula is C11H14N2O2S. The number of carbonyl (C=O) groups is 1. The lowest BCUT2D eigenvalue weighted by Gasteiger charge is -2.13. The van der Waals surface area contributed by atoms with E-state index < -0.39 is 0 Å². The van der Waals surface area contributed by atoms with Crippen LogP contribution in [0.2, 0.25) is 0 Å². The van der Waals surface area contributed by atoms with E-state index in [1.165, 1.54) is 11.8 Å². The number of aromatic nitrogens is 1. The number of hydrogen-bond acceptors (Lipinski definition) is 4. The van der Waals surface area contributed by atoms with E-state index in [0.29, 0.717) is 5.75 Å². The highest BCUT2D eigenvalue weighted by atomic mass is 32.2. The molecule has 1 aliphatic carbocycles. The topological polar surface area (TPSA) is 62.2 Å². The number of thioether (sulfide) groups is 1. The van der Waals surface area contributed by atoms with E-state index in [-0.39, 0.29) is 18.1 Å². The van der Waals surface area contributed by atoms with Crippen LogP contribution in [0.15, 0.2) is 29.4 Å². The van der Waals surface area contributed by atoms with Crippen LogP contribution in [0, 0.1) is 0 Å². The van der Waals surface area contributed by atoms with Crippen molar-refractivity contribution >= 4 is 17.7 Å². The smallest absolute Gasteiger partial charge is 0.230 e. The Morgan fingerprint density at radius 2 is 2.19 bits per heavy atom. The number of nitrogens with one attached hydrogen (secondary N) is 1. The summed E-state index contributed by atoms with van der Waals surface area (Å²) in [6.45, 7) is 0.0403. The molecule has 0 aliphatic heterocycles. The van der Waals surface area contributed by atoms with E-state index in [4.69, 9.17) is 5.11 Å². The third-order valence-electron chi connectivity index (χ3n) is 2.58. The molecule has 0 spiro atoms. The van der Waals surface area contributed by atoms with Crippen LogP contribution in [0.25, 0.3) is 0 Å². The van der Waals surface area contributed by atoms with Crippen molar-refractivity contribution in [1.82, 2.24) is 10.3 Å². The molecule has 16 heavy (non-hydrogen) atoms. The Kier molecular flexibility index (Phi) is 3.46. The second kappa shape index (κ2) is 4.84. The molecule has 1 aromatic rings. The Morgan fingerprint density at radius 1 is 1.50 bits per heavy atom. The molecule has 1 fully saturated rings. The number of pyridine rings is 1. The Morgan fingerprint density at radius 3 is 2.75 bits per heavy atom. The van der Waals surface area contributed by atoms with Gasteiger partial charge in [0.2, 0.25) is 5.91 Å². The summed E-state index contributed by atoms with van der Waals surface area (Å²) in [7, 11) is 0. The van der Waals surface area contributed by atoms with E-state index in [1.54, 1.807) is 12.4 Å². The van der Waals surface area contributed by atoms with Crippen molar-refractivity contribution < 1.29 is 9.90 Å². The molecule has 1 amide bonds. The summed E-state index contributed by atoms with van der Waals surface area (Å²) in [5, 5.41) is 11.9. The minimum Gasteiger partial charge on any atom is -0.394 e. The van der Waals surface area contributed by atoms with Crippen LogP contribution < -0.4 is 5.32 Å². The molecule has 0 atom stereocenters. The first-order valence-electron chi connectivity index (χ1n) is 5.19. The lowest BCUT2D eigenvalue weighted by atomic mass is 10.3. The summed E-state index contributed by atoms with van der Waals surface area (Å²) in [5.41, 5.74) is -0.310. The van der Waals surface area contributed by atoms with E-state index in [9.17, 15) is 4.79 Å². The van der Waals surface area contributed by atoms with Crippen LogP contribution in [-0.4, -0.2) is 33.9 Å². The van der Waals surface area contributed by atoms with Crippen LogP contribution in [0.3, 0.4) is 0 Å². The molecule has 0 unspecified atom stereocenters. The largest absolute Gasteiger partial charge is 0.394 e. The van der Waals surface area contributed by atoms with Crippen LogP contribution in [0.1, 0.15) is 12.8 Å². The van der Waals surface area contributed by atoms with E-state index in [2.05, 4.69) is 10.3 Å². The number of nitrogens with zero attached hydrogens (tertiary/aromatic N) is 1. The van der Waals surface area contributed by atoms with Gasteiger partial charge in [-0.1, -0.05) is 0 Å². The molecule has 1 aliphatic rings. The van der Waals surface area contributed by atoms with E-state index in [1.807, 2.05) is 12.1 Å². The first-order chi connectivity index (χ1) is 7.74. The van der Waals surface area contributed by atoms with Gasteiger partial charge in [0.15, 0.2) is 0 Å². The fourth-order valence-corrected chi connectivity index (χ4v) is 2.07. The fraction of sp³-hybridized carbons (Fsp3) is 0.455. The number of rotatable bonds is 5. The van der Waals surface area contributed by atoms with Crippen molar-refractivity contribution in [2.45, 2.75) is 23.3 Å². The van der Waals surface area contributed by atoms with Gasteiger partial charge in [-0.2, -0.15) is 0 Å². The Balaban J connectivity index is 1.76. The third-order valence-corrected chi connectivity index (χ3v) is 3.59. The zero-order chi connectivity index (χ0) is 11.4. The maximum Gasteiger partial charge on any atom is 0.230 e. The van der Waals surface area contributed by atoms with Crippen molar-refractivity contribution in [1.29, 1.82) is 0 Å². The first kappa shape index (κ1) is 11.4. The van der Waals surface area contributed by atoms with Crippen LogP contribution in [0.4, 0.5) is 0 Å². The van der Waals surface area contributed by atoms with Gasteiger partial charge in [0, 0.05) is 17.3 Å². The summed E-state index contributed by atoms with van der Waals surface area (Å²) >= 11 is 1.47. The van der Waals surface area contributed by atoms with Gasteiger partial charge in [0.05, 0.1) is 17.9 Å². The SMILES string of the molecule is O=C(CSc1ccncc1)NC1(CO)CC1. The van der Waals surface area contributed by atoms with Crippen molar-refractivity contribution in [3.05, 3.63) is 24.5 Å². The molecule has 0 saturated heterocycles. The van der Waals surface area contributed by atoms with Crippen molar-refractivity contribution in [2.24, 2.45) is 0 Å². The van der Waals surface area contributed by atoms with Crippen LogP contribution in [-0.2, 0) is 4.79 Å². The quantitative estimate of drug-likeness (QED) is 0.745. The van der Waals surface area contributed by atoms with Gasteiger partial charge < -0.3 is 10.4 Å². The molecule has 5 heteroatoms. The molecule has 2 rings (SSSR count). The summed E-state index contributed by atoms with van der Waals surface area (Å²) in [6, 6.07) is 3.74.